The fourth-order valence-electron chi connectivity index (χ4n) is 3.52. The van der Waals surface area contributed by atoms with Crippen LogP contribution in [0.2, 0.25) is 0 Å². The Kier molecular flexibility index (Phi) is 7.69. The molecule has 1 aromatic carbocycles. The number of nitrogens with zero attached hydrogens (tertiary/aromatic N) is 1. The summed E-state index contributed by atoms with van der Waals surface area (Å²) in [5.74, 6) is -0.800. The zero-order chi connectivity index (χ0) is 22.4. The summed E-state index contributed by atoms with van der Waals surface area (Å²) >= 11 is 0. The van der Waals surface area contributed by atoms with E-state index in [2.05, 4.69) is 15.6 Å². The second-order valence-corrected chi connectivity index (χ2v) is 7.48. The third kappa shape index (κ3) is 5.86. The third-order valence-corrected chi connectivity index (χ3v) is 5.17. The maximum atomic E-state index is 12.4. The highest BCUT2D eigenvalue weighted by atomic mass is 16.5. The number of aromatic nitrogens is 1. The van der Waals surface area contributed by atoms with E-state index in [9.17, 15) is 24.9 Å². The highest BCUT2D eigenvalue weighted by Crippen LogP contribution is 2.20. The third-order valence-electron chi connectivity index (χ3n) is 5.17. The van der Waals surface area contributed by atoms with E-state index in [1.165, 1.54) is 6.92 Å². The minimum absolute atomic E-state index is 0.181. The normalized spacial score (nSPS) is 22.9. The van der Waals surface area contributed by atoms with Crippen molar-refractivity contribution in [3.8, 4) is 11.3 Å². The van der Waals surface area contributed by atoms with Gasteiger partial charge in [0.2, 0.25) is 5.91 Å². The van der Waals surface area contributed by atoms with Gasteiger partial charge < -0.3 is 30.7 Å². The fourth-order valence-corrected chi connectivity index (χ4v) is 3.52. The zero-order valence-electron chi connectivity index (χ0n) is 17.1. The molecule has 2 aromatic rings. The molecule has 0 saturated carbocycles. The molecule has 2 heterocycles. The van der Waals surface area contributed by atoms with Crippen LogP contribution < -0.4 is 10.6 Å². The van der Waals surface area contributed by atoms with Crippen LogP contribution in [-0.2, 0) is 9.53 Å². The number of rotatable bonds is 7. The SMILES string of the molecule is CC(=O)N[C@H]1[C@H]([C@H](O)[C@H](O)CNC(=O)c2ccc(-c3ccccn3)cc2)OCC[C@@H]1O. The molecule has 1 aromatic heterocycles. The Balaban J connectivity index is 1.57. The van der Waals surface area contributed by atoms with Crippen molar-refractivity contribution >= 4 is 11.8 Å². The highest BCUT2D eigenvalue weighted by Gasteiger charge is 2.40. The lowest BCUT2D eigenvalue weighted by molar-refractivity contribution is -0.151. The van der Waals surface area contributed by atoms with Gasteiger partial charge in [0.05, 0.1) is 23.9 Å². The molecule has 0 radical (unpaired) electrons. The van der Waals surface area contributed by atoms with Crippen LogP contribution in [0, 0.1) is 0 Å². The Morgan fingerprint density at radius 3 is 2.58 bits per heavy atom. The molecule has 0 unspecified atom stereocenters. The topological polar surface area (TPSA) is 141 Å². The number of hydrogen-bond acceptors (Lipinski definition) is 7. The molecule has 1 aliphatic rings. The van der Waals surface area contributed by atoms with Gasteiger partial charge in [-0.1, -0.05) is 18.2 Å². The average molecular weight is 429 g/mol. The van der Waals surface area contributed by atoms with Crippen molar-refractivity contribution in [2.45, 2.75) is 43.8 Å². The Bertz CT molecular complexity index is 877. The van der Waals surface area contributed by atoms with E-state index in [4.69, 9.17) is 4.74 Å². The number of hydrogen-bond donors (Lipinski definition) is 5. The van der Waals surface area contributed by atoms with Gasteiger partial charge in [0, 0.05) is 37.4 Å². The molecule has 1 fully saturated rings. The van der Waals surface area contributed by atoms with Crippen LogP contribution in [0.15, 0.2) is 48.7 Å². The predicted octanol–water partition coefficient (Wildman–Crippen LogP) is -0.145. The van der Waals surface area contributed by atoms with Crippen LogP contribution in [0.3, 0.4) is 0 Å². The van der Waals surface area contributed by atoms with E-state index in [0.717, 1.165) is 11.3 Å². The first-order chi connectivity index (χ1) is 14.9. The first kappa shape index (κ1) is 22.8. The van der Waals surface area contributed by atoms with E-state index < -0.39 is 36.4 Å². The molecule has 5 atom stereocenters. The Morgan fingerprint density at radius 1 is 1.19 bits per heavy atom. The summed E-state index contributed by atoms with van der Waals surface area (Å²) in [7, 11) is 0. The standard InChI is InChI=1S/C22H27N3O6/c1-13(26)25-19-17(27)9-11-31-21(19)20(29)18(28)12-24-22(30)15-7-5-14(6-8-15)16-4-2-3-10-23-16/h2-8,10,17-21,27-29H,9,11-12H2,1H3,(H,24,30)(H,25,26)/t17-,18+,19+,20+,21+/m0/s1. The summed E-state index contributed by atoms with van der Waals surface area (Å²) in [6.07, 6.45) is -2.69. The van der Waals surface area contributed by atoms with Crippen molar-refractivity contribution in [3.63, 3.8) is 0 Å². The molecular weight excluding hydrogens is 402 g/mol. The molecular formula is C22H27N3O6. The number of carbonyl (C=O) groups excluding carboxylic acids is 2. The number of pyridine rings is 1. The fraction of sp³-hybridized carbons (Fsp3) is 0.409. The zero-order valence-corrected chi connectivity index (χ0v) is 17.1. The van der Waals surface area contributed by atoms with E-state index in [-0.39, 0.29) is 19.1 Å². The number of aliphatic hydroxyl groups excluding tert-OH is 3. The first-order valence-electron chi connectivity index (χ1n) is 10.1. The number of ether oxygens (including phenoxy) is 1. The molecule has 0 aliphatic carbocycles. The van der Waals surface area contributed by atoms with Crippen LogP contribution in [0.25, 0.3) is 11.3 Å². The van der Waals surface area contributed by atoms with Crippen molar-refractivity contribution in [1.82, 2.24) is 15.6 Å². The van der Waals surface area contributed by atoms with Gasteiger partial charge in [0.15, 0.2) is 0 Å². The molecule has 9 heteroatoms. The minimum atomic E-state index is -1.42. The Morgan fingerprint density at radius 2 is 1.94 bits per heavy atom. The van der Waals surface area contributed by atoms with Crippen molar-refractivity contribution in [2.24, 2.45) is 0 Å². The van der Waals surface area contributed by atoms with E-state index in [0.29, 0.717) is 12.0 Å². The van der Waals surface area contributed by atoms with Gasteiger partial charge in [0.1, 0.15) is 12.2 Å². The largest absolute Gasteiger partial charge is 0.391 e. The molecule has 166 valence electrons. The lowest BCUT2D eigenvalue weighted by atomic mass is 9.92. The minimum Gasteiger partial charge on any atom is -0.391 e. The van der Waals surface area contributed by atoms with Gasteiger partial charge in [0.25, 0.3) is 5.91 Å². The number of benzene rings is 1. The van der Waals surface area contributed by atoms with E-state index >= 15 is 0 Å². The monoisotopic (exact) mass is 429 g/mol. The number of carbonyl (C=O) groups is 2. The van der Waals surface area contributed by atoms with Crippen molar-refractivity contribution in [2.75, 3.05) is 13.2 Å². The van der Waals surface area contributed by atoms with Gasteiger partial charge >= 0.3 is 0 Å². The molecule has 1 saturated heterocycles. The summed E-state index contributed by atoms with van der Waals surface area (Å²) < 4.78 is 5.49. The number of aliphatic hydroxyl groups is 3. The maximum absolute atomic E-state index is 12.4. The summed E-state index contributed by atoms with van der Waals surface area (Å²) in [4.78, 5) is 28.1. The summed E-state index contributed by atoms with van der Waals surface area (Å²) in [5.41, 5.74) is 2.04. The van der Waals surface area contributed by atoms with Crippen LogP contribution >= 0.6 is 0 Å². The maximum Gasteiger partial charge on any atom is 0.251 e. The van der Waals surface area contributed by atoms with Crippen LogP contribution in [-0.4, -0.2) is 75.7 Å². The van der Waals surface area contributed by atoms with Gasteiger partial charge in [-0.2, -0.15) is 0 Å². The first-order valence-corrected chi connectivity index (χ1v) is 10.1. The molecule has 9 nitrogen and oxygen atoms in total. The quantitative estimate of drug-likeness (QED) is 0.412. The summed E-state index contributed by atoms with van der Waals surface area (Å²) in [5, 5.41) is 36.1. The van der Waals surface area contributed by atoms with Gasteiger partial charge in [-0.25, -0.2) is 0 Å². The lowest BCUT2D eigenvalue weighted by Crippen LogP contribution is -2.61. The molecule has 0 spiro atoms. The summed E-state index contributed by atoms with van der Waals surface area (Å²) in [6, 6.07) is 11.6. The molecule has 31 heavy (non-hydrogen) atoms. The molecule has 0 bridgehead atoms. The van der Waals surface area contributed by atoms with E-state index in [1.807, 2.05) is 18.2 Å². The lowest BCUT2D eigenvalue weighted by Gasteiger charge is -2.39. The number of nitrogens with one attached hydrogen (secondary N) is 2. The molecule has 5 N–H and O–H groups in total. The average Bonchev–Trinajstić information content (AvgIpc) is 2.78. The van der Waals surface area contributed by atoms with Gasteiger partial charge in [-0.05, 0) is 30.7 Å². The van der Waals surface area contributed by atoms with Crippen molar-refractivity contribution in [1.29, 1.82) is 0 Å². The van der Waals surface area contributed by atoms with Crippen LogP contribution in [0.4, 0.5) is 0 Å². The molecule has 3 rings (SSSR count). The highest BCUT2D eigenvalue weighted by molar-refractivity contribution is 5.94. The summed E-state index contributed by atoms with van der Waals surface area (Å²) in [6.45, 7) is 1.24. The Labute approximate surface area is 180 Å². The second kappa shape index (κ2) is 10.5. The van der Waals surface area contributed by atoms with Crippen LogP contribution in [0.1, 0.15) is 23.7 Å². The number of amides is 2. The van der Waals surface area contributed by atoms with Crippen molar-refractivity contribution < 1.29 is 29.6 Å². The van der Waals surface area contributed by atoms with Crippen LogP contribution in [0.5, 0.6) is 0 Å². The second-order valence-electron chi connectivity index (χ2n) is 7.48. The molecule has 2 amide bonds. The van der Waals surface area contributed by atoms with Gasteiger partial charge in [-0.15, -0.1) is 0 Å². The van der Waals surface area contributed by atoms with E-state index in [1.54, 1.807) is 30.5 Å². The van der Waals surface area contributed by atoms with Crippen molar-refractivity contribution in [3.05, 3.63) is 54.2 Å². The Hall–Kier alpha value is -2.85. The predicted molar refractivity (Wildman–Crippen MR) is 112 cm³/mol. The van der Waals surface area contributed by atoms with Gasteiger partial charge in [-0.3, -0.25) is 14.6 Å². The smallest absolute Gasteiger partial charge is 0.251 e. The molecule has 1 aliphatic heterocycles.